The minimum Gasteiger partial charge on any atom is -0.391 e. The summed E-state index contributed by atoms with van der Waals surface area (Å²) in [5, 5.41) is 18.8. The fourth-order valence-electron chi connectivity index (χ4n) is 2.42. The Hall–Kier alpha value is -0.590. The van der Waals surface area contributed by atoms with Gasteiger partial charge in [-0.3, -0.25) is 4.90 Å². The topological polar surface area (TPSA) is 47.3 Å². The average molecular weight is 210 g/mol. The Labute approximate surface area is 92.7 Å². The van der Waals surface area contributed by atoms with Crippen LogP contribution in [-0.4, -0.2) is 34.7 Å². The van der Waals surface area contributed by atoms with E-state index in [-0.39, 0.29) is 12.1 Å². The molecule has 1 N–H and O–H groups in total. The SMILES string of the molecule is CC(C)N(CC#N)C1CCCCCC1O. The summed E-state index contributed by atoms with van der Waals surface area (Å²) in [6, 6.07) is 2.72. The molecule has 0 aromatic heterocycles. The maximum Gasteiger partial charge on any atom is 0.0871 e. The van der Waals surface area contributed by atoms with Crippen molar-refractivity contribution >= 4 is 0 Å². The molecule has 2 atom stereocenters. The lowest BCUT2D eigenvalue weighted by atomic mass is 10.0. The standard InChI is InChI=1S/C12H22N2O/c1-10(2)14(9-8-13)11-6-4-3-5-7-12(11)15/h10-12,15H,3-7,9H2,1-2H3. The molecule has 1 aliphatic rings. The fourth-order valence-corrected chi connectivity index (χ4v) is 2.42. The smallest absolute Gasteiger partial charge is 0.0871 e. The average Bonchev–Trinajstić information content (AvgIpc) is 2.39. The van der Waals surface area contributed by atoms with Crippen LogP contribution in [0.25, 0.3) is 0 Å². The highest BCUT2D eigenvalue weighted by Crippen LogP contribution is 2.23. The first-order valence-corrected chi connectivity index (χ1v) is 5.97. The molecule has 0 aromatic rings. The van der Waals surface area contributed by atoms with Crippen molar-refractivity contribution in [2.75, 3.05) is 6.54 Å². The molecule has 3 heteroatoms. The minimum absolute atomic E-state index is 0.187. The first-order chi connectivity index (χ1) is 7.16. The molecule has 0 spiro atoms. The van der Waals surface area contributed by atoms with Crippen molar-refractivity contribution in [2.24, 2.45) is 0 Å². The second-order valence-corrected chi connectivity index (χ2v) is 4.70. The molecule has 3 nitrogen and oxygen atoms in total. The summed E-state index contributed by atoms with van der Waals surface area (Å²) in [4.78, 5) is 2.13. The van der Waals surface area contributed by atoms with Crippen molar-refractivity contribution in [3.63, 3.8) is 0 Å². The molecule has 0 aliphatic heterocycles. The van der Waals surface area contributed by atoms with E-state index in [4.69, 9.17) is 5.26 Å². The van der Waals surface area contributed by atoms with Crippen LogP contribution in [0.4, 0.5) is 0 Å². The van der Waals surface area contributed by atoms with Crippen molar-refractivity contribution in [1.82, 2.24) is 4.90 Å². The number of aliphatic hydroxyl groups excluding tert-OH is 1. The molecule has 0 radical (unpaired) electrons. The van der Waals surface area contributed by atoms with Crippen LogP contribution in [0, 0.1) is 11.3 Å². The van der Waals surface area contributed by atoms with Gasteiger partial charge in [0, 0.05) is 12.1 Å². The molecule has 86 valence electrons. The number of hydrogen-bond acceptors (Lipinski definition) is 3. The second-order valence-electron chi connectivity index (χ2n) is 4.70. The first-order valence-electron chi connectivity index (χ1n) is 5.97. The first kappa shape index (κ1) is 12.5. The zero-order chi connectivity index (χ0) is 11.3. The molecule has 0 amide bonds. The normalized spacial score (nSPS) is 27.7. The number of hydrogen-bond donors (Lipinski definition) is 1. The third-order valence-corrected chi connectivity index (χ3v) is 3.29. The van der Waals surface area contributed by atoms with Gasteiger partial charge in [-0.05, 0) is 26.7 Å². The molecule has 1 fully saturated rings. The quantitative estimate of drug-likeness (QED) is 0.572. The summed E-state index contributed by atoms with van der Waals surface area (Å²) < 4.78 is 0. The van der Waals surface area contributed by atoms with Crippen LogP contribution in [0.5, 0.6) is 0 Å². The van der Waals surface area contributed by atoms with Crippen LogP contribution in [0.15, 0.2) is 0 Å². The molecular weight excluding hydrogens is 188 g/mol. The maximum absolute atomic E-state index is 10.0. The van der Waals surface area contributed by atoms with E-state index in [0.717, 1.165) is 19.3 Å². The Kier molecular flexibility index (Phi) is 5.07. The number of nitrogens with zero attached hydrogens (tertiary/aromatic N) is 2. The van der Waals surface area contributed by atoms with Gasteiger partial charge in [0.2, 0.25) is 0 Å². The van der Waals surface area contributed by atoms with Gasteiger partial charge < -0.3 is 5.11 Å². The summed E-state index contributed by atoms with van der Waals surface area (Å²) in [6.45, 7) is 4.61. The van der Waals surface area contributed by atoms with Crippen molar-refractivity contribution in [2.45, 2.75) is 64.1 Å². The summed E-state index contributed by atoms with van der Waals surface area (Å²) in [5.41, 5.74) is 0. The Morgan fingerprint density at radius 3 is 2.60 bits per heavy atom. The fraction of sp³-hybridized carbons (Fsp3) is 0.917. The summed E-state index contributed by atoms with van der Waals surface area (Å²) in [6.07, 6.45) is 5.18. The van der Waals surface area contributed by atoms with E-state index >= 15 is 0 Å². The van der Waals surface area contributed by atoms with Crippen molar-refractivity contribution < 1.29 is 5.11 Å². The highest BCUT2D eigenvalue weighted by molar-refractivity contribution is 4.88. The van der Waals surface area contributed by atoms with Crippen LogP contribution >= 0.6 is 0 Å². The van der Waals surface area contributed by atoms with E-state index in [9.17, 15) is 5.11 Å². The van der Waals surface area contributed by atoms with E-state index in [1.807, 2.05) is 0 Å². The van der Waals surface area contributed by atoms with E-state index < -0.39 is 0 Å². The molecule has 0 aromatic carbocycles. The minimum atomic E-state index is -0.247. The van der Waals surface area contributed by atoms with Gasteiger partial charge in [0.15, 0.2) is 0 Å². The van der Waals surface area contributed by atoms with Crippen LogP contribution in [0.1, 0.15) is 46.0 Å². The largest absolute Gasteiger partial charge is 0.391 e. The van der Waals surface area contributed by atoms with Gasteiger partial charge in [0.05, 0.1) is 18.7 Å². The lowest BCUT2D eigenvalue weighted by molar-refractivity contribution is 0.0352. The van der Waals surface area contributed by atoms with Crippen LogP contribution in [0.2, 0.25) is 0 Å². The van der Waals surface area contributed by atoms with Crippen LogP contribution < -0.4 is 0 Å². The van der Waals surface area contributed by atoms with Crippen molar-refractivity contribution in [3.05, 3.63) is 0 Å². The van der Waals surface area contributed by atoms with E-state index in [0.29, 0.717) is 12.6 Å². The molecule has 15 heavy (non-hydrogen) atoms. The van der Waals surface area contributed by atoms with Gasteiger partial charge in [-0.15, -0.1) is 0 Å². The predicted molar refractivity (Wildman–Crippen MR) is 60.3 cm³/mol. The van der Waals surface area contributed by atoms with Crippen molar-refractivity contribution in [3.8, 4) is 6.07 Å². The monoisotopic (exact) mass is 210 g/mol. The van der Waals surface area contributed by atoms with Gasteiger partial charge in [-0.25, -0.2) is 0 Å². The number of nitriles is 1. The molecule has 1 rings (SSSR count). The lowest BCUT2D eigenvalue weighted by Crippen LogP contribution is -2.46. The summed E-state index contributed by atoms with van der Waals surface area (Å²) in [5.74, 6) is 0. The second kappa shape index (κ2) is 6.09. The zero-order valence-electron chi connectivity index (χ0n) is 9.82. The van der Waals surface area contributed by atoms with Gasteiger partial charge in [-0.2, -0.15) is 5.26 Å². The molecule has 0 heterocycles. The zero-order valence-corrected chi connectivity index (χ0v) is 9.82. The van der Waals surface area contributed by atoms with Gasteiger partial charge in [0.1, 0.15) is 0 Å². The van der Waals surface area contributed by atoms with Gasteiger partial charge >= 0.3 is 0 Å². The van der Waals surface area contributed by atoms with E-state index in [2.05, 4.69) is 24.8 Å². The van der Waals surface area contributed by atoms with Crippen molar-refractivity contribution in [1.29, 1.82) is 5.26 Å². The van der Waals surface area contributed by atoms with E-state index in [1.165, 1.54) is 12.8 Å². The Morgan fingerprint density at radius 2 is 2.00 bits per heavy atom. The Morgan fingerprint density at radius 1 is 1.33 bits per heavy atom. The summed E-state index contributed by atoms with van der Waals surface area (Å²) >= 11 is 0. The molecule has 2 unspecified atom stereocenters. The lowest BCUT2D eigenvalue weighted by Gasteiger charge is -2.35. The third kappa shape index (κ3) is 3.48. The molecule has 0 bridgehead atoms. The highest BCUT2D eigenvalue weighted by atomic mass is 16.3. The summed E-state index contributed by atoms with van der Waals surface area (Å²) in [7, 11) is 0. The molecule has 1 saturated carbocycles. The van der Waals surface area contributed by atoms with Crippen LogP contribution in [0.3, 0.4) is 0 Å². The molecule has 0 saturated heterocycles. The Bertz CT molecular complexity index is 222. The molecule has 1 aliphatic carbocycles. The number of rotatable bonds is 3. The van der Waals surface area contributed by atoms with E-state index in [1.54, 1.807) is 0 Å². The highest BCUT2D eigenvalue weighted by Gasteiger charge is 2.28. The van der Waals surface area contributed by atoms with Crippen LogP contribution in [-0.2, 0) is 0 Å². The Balaban J connectivity index is 2.66. The number of aliphatic hydroxyl groups is 1. The predicted octanol–water partition coefficient (Wildman–Crippen LogP) is 1.91. The molecular formula is C12H22N2O. The van der Waals surface area contributed by atoms with Gasteiger partial charge in [-0.1, -0.05) is 19.3 Å². The third-order valence-electron chi connectivity index (χ3n) is 3.29. The van der Waals surface area contributed by atoms with Gasteiger partial charge in [0.25, 0.3) is 0 Å². The maximum atomic E-state index is 10.0.